The predicted molar refractivity (Wildman–Crippen MR) is 111 cm³/mol. The Labute approximate surface area is 169 Å². The van der Waals surface area contributed by atoms with E-state index in [0.29, 0.717) is 13.1 Å². The van der Waals surface area contributed by atoms with Crippen molar-refractivity contribution in [3.05, 3.63) is 81.8 Å². The summed E-state index contributed by atoms with van der Waals surface area (Å²) < 4.78 is 3.70. The maximum atomic E-state index is 13.4. The van der Waals surface area contributed by atoms with Crippen LogP contribution in [0.2, 0.25) is 0 Å². The molecule has 0 bridgehead atoms. The van der Waals surface area contributed by atoms with Crippen LogP contribution in [0.5, 0.6) is 0 Å². The molecule has 0 spiro atoms. The molecular weight excluding hydrogens is 364 g/mol. The molecule has 3 heterocycles. The minimum atomic E-state index is -0.221. The van der Waals surface area contributed by atoms with Crippen LogP contribution < -0.4 is 5.56 Å². The molecule has 29 heavy (non-hydrogen) atoms. The standard InChI is InChI=1S/C23H24N4O2/c1-16-8-12-27(20-7-3-5-17-4-2-6-19(17)20)23(29)21(16)22(28)25-11-9-18(14-25)26-13-10-24-15-26/h3,5,7-8,10,12-13,15,18H,2,4,6,9,11,14H2,1H3. The number of amides is 1. The minimum Gasteiger partial charge on any atom is -0.336 e. The van der Waals surface area contributed by atoms with Crippen LogP contribution in [0.3, 0.4) is 0 Å². The van der Waals surface area contributed by atoms with Gasteiger partial charge in [0.1, 0.15) is 5.56 Å². The number of carbonyl (C=O) groups is 1. The monoisotopic (exact) mass is 388 g/mol. The summed E-state index contributed by atoms with van der Waals surface area (Å²) in [5.74, 6) is -0.169. The highest BCUT2D eigenvalue weighted by Crippen LogP contribution is 2.28. The SMILES string of the molecule is Cc1ccn(-c2cccc3c2CCC3)c(=O)c1C(=O)N1CCC(n2ccnc2)C1. The molecule has 2 aromatic heterocycles. The number of aromatic nitrogens is 3. The maximum absolute atomic E-state index is 13.4. The van der Waals surface area contributed by atoms with Gasteiger partial charge in [0.05, 0.1) is 18.1 Å². The highest BCUT2D eigenvalue weighted by molar-refractivity contribution is 5.95. The van der Waals surface area contributed by atoms with Gasteiger partial charge in [-0.2, -0.15) is 0 Å². The Morgan fingerprint density at radius 3 is 2.90 bits per heavy atom. The van der Waals surface area contributed by atoms with Gasteiger partial charge in [-0.05, 0) is 61.4 Å². The van der Waals surface area contributed by atoms with Gasteiger partial charge in [-0.15, -0.1) is 0 Å². The molecule has 0 radical (unpaired) electrons. The van der Waals surface area contributed by atoms with Crippen molar-refractivity contribution >= 4 is 5.91 Å². The second-order valence-corrected chi connectivity index (χ2v) is 8.02. The Kier molecular flexibility index (Phi) is 4.34. The third kappa shape index (κ3) is 2.99. The summed E-state index contributed by atoms with van der Waals surface area (Å²) in [6.07, 6.45) is 11.3. The topological polar surface area (TPSA) is 60.1 Å². The molecule has 0 N–H and O–H groups in total. The highest BCUT2D eigenvalue weighted by Gasteiger charge is 2.30. The lowest BCUT2D eigenvalue weighted by molar-refractivity contribution is 0.0785. The molecule has 1 fully saturated rings. The van der Waals surface area contributed by atoms with Crippen molar-refractivity contribution in [3.8, 4) is 5.69 Å². The van der Waals surface area contributed by atoms with Gasteiger partial charge in [-0.1, -0.05) is 12.1 Å². The first-order valence-electron chi connectivity index (χ1n) is 10.2. The van der Waals surface area contributed by atoms with Gasteiger partial charge >= 0.3 is 0 Å². The van der Waals surface area contributed by atoms with Crippen LogP contribution in [-0.4, -0.2) is 38.0 Å². The number of likely N-dealkylation sites (tertiary alicyclic amines) is 1. The van der Waals surface area contributed by atoms with E-state index in [1.165, 1.54) is 11.1 Å². The van der Waals surface area contributed by atoms with E-state index in [2.05, 4.69) is 11.1 Å². The average Bonchev–Trinajstić information content (AvgIpc) is 3.48. The van der Waals surface area contributed by atoms with Gasteiger partial charge in [0.2, 0.25) is 0 Å². The van der Waals surface area contributed by atoms with Crippen molar-refractivity contribution in [2.75, 3.05) is 13.1 Å². The Bertz CT molecular complexity index is 1130. The summed E-state index contributed by atoms with van der Waals surface area (Å²) in [5, 5.41) is 0. The lowest BCUT2D eigenvalue weighted by Gasteiger charge is -2.19. The molecule has 0 saturated carbocycles. The van der Waals surface area contributed by atoms with Crippen molar-refractivity contribution in [1.82, 2.24) is 19.0 Å². The fourth-order valence-electron chi connectivity index (χ4n) is 4.71. The number of carbonyl (C=O) groups excluding carboxylic acids is 1. The number of pyridine rings is 1. The summed E-state index contributed by atoms with van der Waals surface area (Å²) in [7, 11) is 0. The molecule has 5 rings (SSSR count). The lowest BCUT2D eigenvalue weighted by Crippen LogP contribution is -2.36. The van der Waals surface area contributed by atoms with Gasteiger partial charge in [0.25, 0.3) is 11.5 Å². The number of benzene rings is 1. The first kappa shape index (κ1) is 17.9. The van der Waals surface area contributed by atoms with Gasteiger partial charge in [0, 0.05) is 31.7 Å². The summed E-state index contributed by atoms with van der Waals surface area (Å²) in [6.45, 7) is 3.09. The Balaban J connectivity index is 1.50. The number of rotatable bonds is 3. The molecule has 1 amide bonds. The molecule has 3 aromatic rings. The van der Waals surface area contributed by atoms with E-state index in [1.807, 2.05) is 35.9 Å². The average molecular weight is 388 g/mol. The molecule has 148 valence electrons. The fourth-order valence-corrected chi connectivity index (χ4v) is 4.71. The quantitative estimate of drug-likeness (QED) is 0.693. The number of nitrogens with zero attached hydrogens (tertiary/aromatic N) is 4. The van der Waals surface area contributed by atoms with Crippen LogP contribution in [0.15, 0.2) is 54.0 Å². The largest absolute Gasteiger partial charge is 0.336 e. The number of hydrogen-bond acceptors (Lipinski definition) is 3. The second kappa shape index (κ2) is 7.03. The number of aryl methyl sites for hydroxylation is 2. The summed E-state index contributed by atoms with van der Waals surface area (Å²) in [5.41, 5.74) is 4.26. The van der Waals surface area contributed by atoms with Crippen LogP contribution in [0.1, 0.15) is 45.9 Å². The summed E-state index contributed by atoms with van der Waals surface area (Å²) in [4.78, 5) is 32.6. The smallest absolute Gasteiger partial charge is 0.268 e. The van der Waals surface area contributed by atoms with Crippen LogP contribution in [0.25, 0.3) is 5.69 Å². The minimum absolute atomic E-state index is 0.169. The van der Waals surface area contributed by atoms with E-state index >= 15 is 0 Å². The van der Waals surface area contributed by atoms with Crippen LogP contribution in [0.4, 0.5) is 0 Å². The van der Waals surface area contributed by atoms with Gasteiger partial charge in [0.15, 0.2) is 0 Å². The third-order valence-electron chi connectivity index (χ3n) is 6.29. The van der Waals surface area contributed by atoms with Gasteiger partial charge in [-0.25, -0.2) is 4.98 Å². The maximum Gasteiger partial charge on any atom is 0.268 e. The number of hydrogen-bond donors (Lipinski definition) is 0. The molecule has 1 atom stereocenters. The van der Waals surface area contributed by atoms with Crippen molar-refractivity contribution in [2.45, 2.75) is 38.6 Å². The first-order valence-corrected chi connectivity index (χ1v) is 10.2. The highest BCUT2D eigenvalue weighted by atomic mass is 16.2. The van der Waals surface area contributed by atoms with Crippen LogP contribution in [0, 0.1) is 6.92 Å². The van der Waals surface area contributed by atoms with E-state index in [1.54, 1.807) is 28.2 Å². The third-order valence-corrected chi connectivity index (χ3v) is 6.29. The fraction of sp³-hybridized carbons (Fsp3) is 0.348. The second-order valence-electron chi connectivity index (χ2n) is 8.02. The van der Waals surface area contributed by atoms with Crippen molar-refractivity contribution in [3.63, 3.8) is 0 Å². The Hall–Kier alpha value is -3.15. The zero-order chi connectivity index (χ0) is 20.0. The number of fused-ring (bicyclic) bond motifs is 1. The molecule has 2 aliphatic rings. The normalized spacial score (nSPS) is 18.2. The molecule has 1 aromatic carbocycles. The molecule has 6 heteroatoms. The van der Waals surface area contributed by atoms with Crippen molar-refractivity contribution in [2.24, 2.45) is 0 Å². The Morgan fingerprint density at radius 2 is 2.07 bits per heavy atom. The zero-order valence-electron chi connectivity index (χ0n) is 16.5. The predicted octanol–water partition coefficient (Wildman–Crippen LogP) is 2.92. The van der Waals surface area contributed by atoms with E-state index in [-0.39, 0.29) is 23.1 Å². The zero-order valence-corrected chi connectivity index (χ0v) is 16.5. The summed E-state index contributed by atoms with van der Waals surface area (Å²) >= 11 is 0. The van der Waals surface area contributed by atoms with E-state index in [4.69, 9.17) is 0 Å². The van der Waals surface area contributed by atoms with Crippen molar-refractivity contribution in [1.29, 1.82) is 0 Å². The summed E-state index contributed by atoms with van der Waals surface area (Å²) in [6, 6.07) is 8.22. The van der Waals surface area contributed by atoms with E-state index < -0.39 is 0 Å². The van der Waals surface area contributed by atoms with Gasteiger partial charge < -0.3 is 9.47 Å². The molecule has 1 saturated heterocycles. The van der Waals surface area contributed by atoms with Crippen LogP contribution in [-0.2, 0) is 12.8 Å². The molecule has 1 aliphatic carbocycles. The van der Waals surface area contributed by atoms with Crippen molar-refractivity contribution < 1.29 is 4.79 Å². The molecule has 1 unspecified atom stereocenters. The van der Waals surface area contributed by atoms with E-state index in [0.717, 1.165) is 36.9 Å². The lowest BCUT2D eigenvalue weighted by atomic mass is 10.1. The Morgan fingerprint density at radius 1 is 1.17 bits per heavy atom. The first-order chi connectivity index (χ1) is 14.1. The molecule has 6 nitrogen and oxygen atoms in total. The molecule has 1 aliphatic heterocycles. The van der Waals surface area contributed by atoms with E-state index in [9.17, 15) is 9.59 Å². The number of imidazole rings is 1. The van der Waals surface area contributed by atoms with Crippen LogP contribution >= 0.6 is 0 Å². The molecular formula is C23H24N4O2. The van der Waals surface area contributed by atoms with Gasteiger partial charge in [-0.3, -0.25) is 14.2 Å².